The molecule has 1 atom stereocenters. The lowest BCUT2D eigenvalue weighted by Crippen LogP contribution is -2.34. The quantitative estimate of drug-likeness (QED) is 0.541. The summed E-state index contributed by atoms with van der Waals surface area (Å²) in [7, 11) is 0. The van der Waals surface area contributed by atoms with Crippen LogP contribution in [-0.2, 0) is 14.3 Å². The fourth-order valence-electron chi connectivity index (χ4n) is 4.38. The van der Waals surface area contributed by atoms with Gasteiger partial charge in [0.25, 0.3) is 0 Å². The van der Waals surface area contributed by atoms with Crippen molar-refractivity contribution in [2.45, 2.75) is 44.6 Å². The molecule has 0 spiro atoms. The molecule has 2 aliphatic rings. The highest BCUT2D eigenvalue weighted by Gasteiger charge is 2.39. The van der Waals surface area contributed by atoms with Gasteiger partial charge in [0.15, 0.2) is 0 Å². The molecule has 1 amide bonds. The van der Waals surface area contributed by atoms with E-state index >= 15 is 0 Å². The molecule has 1 aliphatic carbocycles. The Morgan fingerprint density at radius 3 is 2.62 bits per heavy atom. The van der Waals surface area contributed by atoms with E-state index in [0.29, 0.717) is 27.6 Å². The number of nitrogens with zero attached hydrogens (tertiary/aromatic N) is 1. The number of benzene rings is 1. The summed E-state index contributed by atoms with van der Waals surface area (Å²) in [6.07, 6.45) is 5.79. The van der Waals surface area contributed by atoms with Crippen LogP contribution in [0.1, 0.15) is 49.8 Å². The second kappa shape index (κ2) is 11.1. The molecule has 2 heterocycles. The normalized spacial score (nSPS) is 18.4. The predicted octanol–water partition coefficient (Wildman–Crippen LogP) is 4.47. The lowest BCUT2D eigenvalue weighted by atomic mass is 9.84. The van der Waals surface area contributed by atoms with Crippen molar-refractivity contribution in [1.29, 1.82) is 5.26 Å². The first kappa shape index (κ1) is 23.7. The number of esters is 1. The monoisotopic (exact) mass is 477 g/mol. The van der Waals surface area contributed by atoms with Crippen molar-refractivity contribution < 1.29 is 18.7 Å². The molecule has 4 rings (SSSR count). The van der Waals surface area contributed by atoms with Gasteiger partial charge in [-0.05, 0) is 37.5 Å². The number of dihydropyridines is 1. The molecule has 1 aromatic heterocycles. The average Bonchev–Trinajstić information content (AvgIpc) is 3.57. The highest BCUT2D eigenvalue weighted by Crippen LogP contribution is 2.43. The minimum atomic E-state index is -0.754. The maximum atomic E-state index is 13.2. The van der Waals surface area contributed by atoms with Gasteiger partial charge in [-0.2, -0.15) is 5.26 Å². The van der Waals surface area contributed by atoms with Gasteiger partial charge in [-0.15, -0.1) is 0 Å². The number of rotatable bonds is 8. The summed E-state index contributed by atoms with van der Waals surface area (Å²) in [4.78, 5) is 25.7. The van der Waals surface area contributed by atoms with Gasteiger partial charge < -0.3 is 19.8 Å². The van der Waals surface area contributed by atoms with E-state index < -0.39 is 11.9 Å². The Hall–Kier alpha value is -3.44. The zero-order chi connectivity index (χ0) is 23.9. The van der Waals surface area contributed by atoms with E-state index in [1.54, 1.807) is 19.1 Å². The van der Waals surface area contributed by atoms with E-state index in [9.17, 15) is 14.9 Å². The molecular formula is C26H27N3O4S. The fourth-order valence-corrected chi connectivity index (χ4v) is 5.23. The second-order valence-corrected chi connectivity index (χ2v) is 9.13. The lowest BCUT2D eigenvalue weighted by molar-refractivity contribution is -0.138. The van der Waals surface area contributed by atoms with E-state index in [2.05, 4.69) is 16.7 Å². The van der Waals surface area contributed by atoms with Crippen molar-refractivity contribution in [3.8, 4) is 6.07 Å². The molecule has 0 radical (unpaired) electrons. The van der Waals surface area contributed by atoms with Crippen LogP contribution in [0, 0.1) is 11.3 Å². The molecular weight excluding hydrogens is 450 g/mol. The summed E-state index contributed by atoms with van der Waals surface area (Å²) in [6.45, 7) is 1.94. The highest BCUT2D eigenvalue weighted by atomic mass is 32.2. The zero-order valence-corrected chi connectivity index (χ0v) is 19.8. The average molecular weight is 478 g/mol. The predicted molar refractivity (Wildman–Crippen MR) is 130 cm³/mol. The number of hydrogen-bond donors (Lipinski definition) is 2. The summed E-state index contributed by atoms with van der Waals surface area (Å²) in [5.74, 6) is -0.726. The number of nitrogens with one attached hydrogen (secondary N) is 2. The van der Waals surface area contributed by atoms with Crippen molar-refractivity contribution in [2.24, 2.45) is 0 Å². The SMILES string of the molecule is CCOC(=O)C1=C(c2ccccc2)NC(SCC(=O)NC2CCCC2)=C(C#N)C1c1ccco1. The van der Waals surface area contributed by atoms with Gasteiger partial charge in [-0.3, -0.25) is 4.79 Å². The maximum absolute atomic E-state index is 13.2. The Balaban J connectivity index is 1.71. The number of allylic oxidation sites excluding steroid dienone is 1. The third-order valence-corrected chi connectivity index (χ3v) is 6.92. The van der Waals surface area contributed by atoms with Crippen molar-refractivity contribution in [3.05, 3.63) is 76.2 Å². The molecule has 1 saturated carbocycles. The van der Waals surface area contributed by atoms with Crippen LogP contribution >= 0.6 is 11.8 Å². The van der Waals surface area contributed by atoms with Crippen LogP contribution in [0.15, 0.2) is 69.3 Å². The Morgan fingerprint density at radius 1 is 1.21 bits per heavy atom. The molecule has 7 nitrogen and oxygen atoms in total. The third-order valence-electron chi connectivity index (χ3n) is 5.90. The molecule has 1 fully saturated rings. The lowest BCUT2D eigenvalue weighted by Gasteiger charge is -2.29. The van der Waals surface area contributed by atoms with Crippen LogP contribution in [-0.4, -0.2) is 30.3 Å². The number of nitriles is 1. The number of carbonyl (C=O) groups excluding carboxylic acids is 2. The van der Waals surface area contributed by atoms with Crippen LogP contribution in [0.5, 0.6) is 0 Å². The first-order chi connectivity index (χ1) is 16.6. The zero-order valence-electron chi connectivity index (χ0n) is 19.0. The highest BCUT2D eigenvalue weighted by molar-refractivity contribution is 8.03. The molecule has 0 bridgehead atoms. The number of ether oxygens (including phenoxy) is 1. The summed E-state index contributed by atoms with van der Waals surface area (Å²) in [5, 5.41) is 17.0. The van der Waals surface area contributed by atoms with Crippen molar-refractivity contribution in [2.75, 3.05) is 12.4 Å². The Morgan fingerprint density at radius 2 is 1.97 bits per heavy atom. The Bertz CT molecular complexity index is 1130. The minimum absolute atomic E-state index is 0.0699. The number of thioether (sulfide) groups is 1. The van der Waals surface area contributed by atoms with Crippen LogP contribution in [0.3, 0.4) is 0 Å². The van der Waals surface area contributed by atoms with E-state index in [1.807, 2.05) is 30.3 Å². The number of carbonyl (C=O) groups is 2. The van der Waals surface area contributed by atoms with Gasteiger partial charge in [0.1, 0.15) is 5.76 Å². The molecule has 1 unspecified atom stereocenters. The topological polar surface area (TPSA) is 104 Å². The summed E-state index contributed by atoms with van der Waals surface area (Å²) in [6, 6.07) is 15.3. The molecule has 34 heavy (non-hydrogen) atoms. The number of hydrogen-bond acceptors (Lipinski definition) is 7. The first-order valence-electron chi connectivity index (χ1n) is 11.5. The van der Waals surface area contributed by atoms with Crippen molar-refractivity contribution >= 4 is 29.3 Å². The molecule has 1 aliphatic heterocycles. The minimum Gasteiger partial charge on any atom is -0.468 e. The first-order valence-corrected chi connectivity index (χ1v) is 12.4. The van der Waals surface area contributed by atoms with Crippen LogP contribution < -0.4 is 10.6 Å². The summed E-state index contributed by atoms with van der Waals surface area (Å²) >= 11 is 1.25. The fraction of sp³-hybridized carbons (Fsp3) is 0.346. The Kier molecular flexibility index (Phi) is 7.76. The second-order valence-electron chi connectivity index (χ2n) is 8.14. The van der Waals surface area contributed by atoms with Crippen molar-refractivity contribution in [1.82, 2.24) is 10.6 Å². The maximum Gasteiger partial charge on any atom is 0.337 e. The smallest absolute Gasteiger partial charge is 0.337 e. The van der Waals surface area contributed by atoms with E-state index in [0.717, 1.165) is 31.2 Å². The van der Waals surface area contributed by atoms with E-state index in [4.69, 9.17) is 9.15 Å². The molecule has 176 valence electrons. The van der Waals surface area contributed by atoms with Gasteiger partial charge >= 0.3 is 5.97 Å². The van der Waals surface area contributed by atoms with Crippen molar-refractivity contribution in [3.63, 3.8) is 0 Å². The standard InChI is InChI=1S/C26H27N3O4S/c1-2-32-26(31)23-22(20-13-8-14-33-20)19(15-27)25(29-24(23)17-9-4-3-5-10-17)34-16-21(30)28-18-11-6-7-12-18/h3-5,8-10,13-14,18,22,29H,2,6-7,11-12,16H2,1H3,(H,28,30). The molecule has 0 saturated heterocycles. The Labute approximate surface area is 203 Å². The van der Waals surface area contributed by atoms with Gasteiger partial charge in [-0.1, -0.05) is 54.9 Å². The van der Waals surface area contributed by atoms with Crippen LogP contribution in [0.4, 0.5) is 0 Å². The van der Waals surface area contributed by atoms with Gasteiger partial charge in [0, 0.05) is 6.04 Å². The molecule has 8 heteroatoms. The van der Waals surface area contributed by atoms with E-state index in [-0.39, 0.29) is 24.3 Å². The molecule has 1 aromatic carbocycles. The van der Waals surface area contributed by atoms with Gasteiger partial charge in [0.2, 0.25) is 5.91 Å². The largest absolute Gasteiger partial charge is 0.468 e. The molecule has 2 N–H and O–H groups in total. The third kappa shape index (κ3) is 5.20. The summed E-state index contributed by atoms with van der Waals surface area (Å²) in [5.41, 5.74) is 1.93. The number of amides is 1. The molecule has 2 aromatic rings. The van der Waals surface area contributed by atoms with Gasteiger partial charge in [0.05, 0.1) is 52.5 Å². The van der Waals surface area contributed by atoms with Crippen LogP contribution in [0.25, 0.3) is 5.70 Å². The van der Waals surface area contributed by atoms with Crippen LogP contribution in [0.2, 0.25) is 0 Å². The van der Waals surface area contributed by atoms with Gasteiger partial charge in [-0.25, -0.2) is 4.79 Å². The summed E-state index contributed by atoms with van der Waals surface area (Å²) < 4.78 is 11.0. The number of furan rings is 1. The van der Waals surface area contributed by atoms with E-state index in [1.165, 1.54) is 18.0 Å².